The average molecular weight is 421 g/mol. The van der Waals surface area contributed by atoms with Gasteiger partial charge >= 0.3 is 5.97 Å². The Kier molecular flexibility index (Phi) is 11.7. The summed E-state index contributed by atoms with van der Waals surface area (Å²) < 4.78 is 0. The molecule has 0 aromatic rings. The zero-order chi connectivity index (χ0) is 22.0. The smallest absolute Gasteiger partial charge is 0.327 e. The summed E-state index contributed by atoms with van der Waals surface area (Å²) in [4.78, 5) is 47.9. The molecule has 0 aromatic heterocycles. The molecular formula is C17H32N4O6S. The molecule has 0 fully saturated rings. The predicted molar refractivity (Wildman–Crippen MR) is 107 cm³/mol. The second-order valence-electron chi connectivity index (χ2n) is 7.29. The first-order valence-corrected chi connectivity index (χ1v) is 9.68. The lowest BCUT2D eigenvalue weighted by molar-refractivity contribution is -0.142. The Hall–Kier alpha value is -1.85. The first kappa shape index (κ1) is 26.1. The van der Waals surface area contributed by atoms with E-state index >= 15 is 0 Å². The van der Waals surface area contributed by atoms with Gasteiger partial charge in [-0.15, -0.1) is 0 Å². The molecule has 10 nitrogen and oxygen atoms in total. The van der Waals surface area contributed by atoms with Gasteiger partial charge in [0.15, 0.2) is 0 Å². The summed E-state index contributed by atoms with van der Waals surface area (Å²) in [5, 5.41) is 25.6. The third-order valence-electron chi connectivity index (χ3n) is 3.92. The van der Waals surface area contributed by atoms with Crippen molar-refractivity contribution in [3.05, 3.63) is 0 Å². The van der Waals surface area contributed by atoms with Crippen LogP contribution in [0.5, 0.6) is 0 Å². The van der Waals surface area contributed by atoms with Crippen LogP contribution in [0.2, 0.25) is 0 Å². The van der Waals surface area contributed by atoms with Crippen LogP contribution in [0.1, 0.15) is 34.1 Å². The van der Waals surface area contributed by atoms with E-state index in [9.17, 15) is 24.3 Å². The number of carboxylic acids is 1. The summed E-state index contributed by atoms with van der Waals surface area (Å²) in [6.45, 7) is 6.42. The molecule has 4 atom stereocenters. The second-order valence-corrected chi connectivity index (χ2v) is 7.66. The highest BCUT2D eigenvalue weighted by Gasteiger charge is 2.31. The maximum absolute atomic E-state index is 12.4. The molecule has 4 unspecified atom stereocenters. The van der Waals surface area contributed by atoms with E-state index in [0.29, 0.717) is 6.42 Å². The molecule has 0 aromatic carbocycles. The molecule has 0 radical (unpaired) electrons. The van der Waals surface area contributed by atoms with Gasteiger partial charge in [-0.2, -0.15) is 12.6 Å². The number of aliphatic carboxylic acids is 1. The number of amides is 3. The van der Waals surface area contributed by atoms with Crippen LogP contribution in [-0.4, -0.2) is 70.4 Å². The molecule has 162 valence electrons. The van der Waals surface area contributed by atoms with Crippen LogP contribution in [0.3, 0.4) is 0 Å². The molecule has 3 amide bonds. The number of nitrogens with one attached hydrogen (secondary N) is 3. The average Bonchev–Trinajstić information content (AvgIpc) is 2.60. The molecule has 0 aliphatic rings. The fourth-order valence-electron chi connectivity index (χ4n) is 2.32. The van der Waals surface area contributed by atoms with Gasteiger partial charge in [0.25, 0.3) is 0 Å². The van der Waals surface area contributed by atoms with Crippen LogP contribution in [0, 0.1) is 11.8 Å². The number of carbonyl (C=O) groups is 4. The monoisotopic (exact) mass is 420 g/mol. The number of rotatable bonds is 12. The van der Waals surface area contributed by atoms with E-state index < -0.39 is 54.5 Å². The van der Waals surface area contributed by atoms with Crippen molar-refractivity contribution in [3.63, 3.8) is 0 Å². The van der Waals surface area contributed by atoms with Crippen LogP contribution in [0.4, 0.5) is 0 Å². The molecule has 7 N–H and O–H groups in total. The minimum atomic E-state index is -1.29. The fraction of sp³-hybridized carbons (Fsp3) is 0.765. The third kappa shape index (κ3) is 8.89. The number of nitrogens with two attached hydrogens (primary N) is 1. The van der Waals surface area contributed by atoms with Gasteiger partial charge in [0.1, 0.15) is 18.1 Å². The fourth-order valence-corrected chi connectivity index (χ4v) is 2.57. The maximum Gasteiger partial charge on any atom is 0.327 e. The predicted octanol–water partition coefficient (Wildman–Crippen LogP) is -1.52. The summed E-state index contributed by atoms with van der Waals surface area (Å²) in [5.74, 6) is -3.65. The Morgan fingerprint density at radius 1 is 0.929 bits per heavy atom. The van der Waals surface area contributed by atoms with E-state index in [1.165, 1.54) is 0 Å². The van der Waals surface area contributed by atoms with E-state index in [0.717, 1.165) is 0 Å². The first-order chi connectivity index (χ1) is 12.9. The minimum Gasteiger partial charge on any atom is -0.480 e. The summed E-state index contributed by atoms with van der Waals surface area (Å²) >= 11 is 3.87. The molecule has 0 aliphatic carbocycles. The molecule has 0 rings (SSSR count). The third-order valence-corrected chi connectivity index (χ3v) is 4.29. The molecule has 0 saturated carbocycles. The van der Waals surface area contributed by atoms with Crippen LogP contribution in [-0.2, 0) is 19.2 Å². The number of aliphatic hydroxyl groups is 1. The molecule has 0 heterocycles. The van der Waals surface area contributed by atoms with Gasteiger partial charge in [-0.1, -0.05) is 27.7 Å². The molecule has 0 spiro atoms. The molecule has 0 aliphatic heterocycles. The highest BCUT2D eigenvalue weighted by atomic mass is 32.1. The summed E-state index contributed by atoms with van der Waals surface area (Å²) in [6.07, 6.45) is 0.406. The van der Waals surface area contributed by atoms with Gasteiger partial charge in [0.2, 0.25) is 17.7 Å². The van der Waals surface area contributed by atoms with E-state index in [1.807, 2.05) is 13.8 Å². The number of carbonyl (C=O) groups excluding carboxylic acids is 3. The molecular weight excluding hydrogens is 388 g/mol. The zero-order valence-corrected chi connectivity index (χ0v) is 17.5. The molecule has 0 bridgehead atoms. The number of carboxylic acid groups (broad SMARTS) is 1. The molecule has 0 saturated heterocycles. The highest BCUT2D eigenvalue weighted by molar-refractivity contribution is 7.80. The Bertz CT molecular complexity index is 558. The van der Waals surface area contributed by atoms with Gasteiger partial charge < -0.3 is 31.9 Å². The quantitative estimate of drug-likeness (QED) is 0.188. The largest absolute Gasteiger partial charge is 0.480 e. The lowest BCUT2D eigenvalue weighted by Gasteiger charge is -2.26. The Morgan fingerprint density at radius 2 is 1.46 bits per heavy atom. The van der Waals surface area contributed by atoms with Crippen molar-refractivity contribution in [2.45, 2.75) is 58.3 Å². The van der Waals surface area contributed by atoms with Crippen molar-refractivity contribution in [2.75, 3.05) is 12.4 Å². The van der Waals surface area contributed by atoms with Crippen molar-refractivity contribution in [3.8, 4) is 0 Å². The normalized spacial score (nSPS) is 15.5. The number of aliphatic hydroxyl groups excluding tert-OH is 1. The minimum absolute atomic E-state index is 0.122. The van der Waals surface area contributed by atoms with Crippen LogP contribution in [0.15, 0.2) is 0 Å². The highest BCUT2D eigenvalue weighted by Crippen LogP contribution is 2.05. The summed E-state index contributed by atoms with van der Waals surface area (Å²) in [7, 11) is 0. The Labute approximate surface area is 170 Å². The Balaban J connectivity index is 5.07. The molecule has 11 heteroatoms. The SMILES string of the molecule is CC(C)CC(N)C(=O)NC(CO)C(=O)NC(C(=O)NC(CS)C(=O)O)C(C)C. The van der Waals surface area contributed by atoms with Crippen LogP contribution < -0.4 is 21.7 Å². The number of hydrogen-bond donors (Lipinski definition) is 7. The van der Waals surface area contributed by atoms with Crippen molar-refractivity contribution in [2.24, 2.45) is 17.6 Å². The van der Waals surface area contributed by atoms with Crippen molar-refractivity contribution in [1.82, 2.24) is 16.0 Å². The van der Waals surface area contributed by atoms with Gasteiger partial charge in [0.05, 0.1) is 12.6 Å². The van der Waals surface area contributed by atoms with E-state index in [2.05, 4.69) is 28.6 Å². The van der Waals surface area contributed by atoms with Gasteiger partial charge in [0, 0.05) is 5.75 Å². The Morgan fingerprint density at radius 3 is 1.86 bits per heavy atom. The summed E-state index contributed by atoms with van der Waals surface area (Å²) in [6, 6.07) is -4.40. The van der Waals surface area contributed by atoms with Crippen molar-refractivity contribution < 1.29 is 29.4 Å². The second kappa shape index (κ2) is 12.6. The molecule has 28 heavy (non-hydrogen) atoms. The van der Waals surface area contributed by atoms with Gasteiger partial charge in [-0.05, 0) is 18.3 Å². The maximum atomic E-state index is 12.4. The lowest BCUT2D eigenvalue weighted by Crippen LogP contribution is -2.59. The van der Waals surface area contributed by atoms with Gasteiger partial charge in [-0.3, -0.25) is 14.4 Å². The number of hydrogen-bond acceptors (Lipinski definition) is 7. The van der Waals surface area contributed by atoms with Crippen molar-refractivity contribution >= 4 is 36.3 Å². The zero-order valence-electron chi connectivity index (χ0n) is 16.6. The van der Waals surface area contributed by atoms with Gasteiger partial charge in [-0.25, -0.2) is 4.79 Å². The van der Waals surface area contributed by atoms with E-state index in [1.54, 1.807) is 13.8 Å². The topological polar surface area (TPSA) is 171 Å². The van der Waals surface area contributed by atoms with Crippen molar-refractivity contribution in [1.29, 1.82) is 0 Å². The first-order valence-electron chi connectivity index (χ1n) is 9.05. The standard InChI is InChI=1S/C17H32N4O6S/c1-8(2)5-10(18)14(23)19-11(6-22)15(24)21-13(9(3)4)16(25)20-12(7-28)17(26)27/h8-13,22,28H,5-7,18H2,1-4H3,(H,19,23)(H,20,25)(H,21,24)(H,26,27). The number of thiol groups is 1. The van der Waals surface area contributed by atoms with Crippen LogP contribution in [0.25, 0.3) is 0 Å². The van der Waals surface area contributed by atoms with E-state index in [4.69, 9.17) is 10.8 Å². The lowest BCUT2D eigenvalue weighted by atomic mass is 10.0. The van der Waals surface area contributed by atoms with E-state index in [-0.39, 0.29) is 17.6 Å². The van der Waals surface area contributed by atoms with Crippen LogP contribution >= 0.6 is 12.6 Å². The summed E-state index contributed by atoms with van der Waals surface area (Å²) in [5.41, 5.74) is 5.77.